The van der Waals surface area contributed by atoms with Gasteiger partial charge in [-0.25, -0.2) is 0 Å². The summed E-state index contributed by atoms with van der Waals surface area (Å²) >= 11 is 7.39. The zero-order valence-corrected chi connectivity index (χ0v) is 14.1. The summed E-state index contributed by atoms with van der Waals surface area (Å²) in [5, 5.41) is 4.26. The van der Waals surface area contributed by atoms with Gasteiger partial charge in [0.15, 0.2) is 5.78 Å². The van der Waals surface area contributed by atoms with E-state index in [0.29, 0.717) is 19.5 Å². The Balaban J connectivity index is 0.000000531. The Hall–Kier alpha value is 0.696. The van der Waals surface area contributed by atoms with Crippen molar-refractivity contribution in [2.24, 2.45) is 0 Å². The minimum absolute atomic E-state index is 0.212. The predicted octanol–water partition coefficient (Wildman–Crippen LogP) is 3.79. The van der Waals surface area contributed by atoms with Crippen molar-refractivity contribution in [1.82, 2.24) is 0 Å². The molecule has 0 unspecified atom stereocenters. The van der Waals surface area contributed by atoms with E-state index in [1.165, 1.54) is 0 Å². The number of hydrogen-bond acceptors (Lipinski definition) is 1. The molecule has 1 aromatic rings. The van der Waals surface area contributed by atoms with Crippen LogP contribution in [0.5, 0.6) is 0 Å². The van der Waals surface area contributed by atoms with Crippen molar-refractivity contribution < 1.29 is 19.8 Å². The zero-order chi connectivity index (χ0) is 11.3. The Bertz CT molecular complexity index is 359. The van der Waals surface area contributed by atoms with Gasteiger partial charge in [0.05, 0.1) is 0 Å². The molecule has 1 heterocycles. The van der Waals surface area contributed by atoms with Crippen molar-refractivity contribution in [2.75, 3.05) is 6.54 Å². The fourth-order valence-corrected chi connectivity index (χ4v) is 1.89. The average Bonchev–Trinajstić information content (AvgIpc) is 2.43. The number of halogens is 2. The van der Waals surface area contributed by atoms with Crippen molar-refractivity contribution in [1.29, 1.82) is 0 Å². The second kappa shape index (κ2) is 7.11. The van der Waals surface area contributed by atoms with Crippen LogP contribution in [0.1, 0.15) is 22.3 Å². The van der Waals surface area contributed by atoms with Gasteiger partial charge in [0, 0.05) is 10.0 Å². The molecule has 0 N–H and O–H groups in total. The number of Topliss-reactive ketones (excluding diaryl/α,β-unsaturated/α-hetero) is 1. The van der Waals surface area contributed by atoms with Gasteiger partial charge < -0.3 is 5.32 Å². The van der Waals surface area contributed by atoms with E-state index in [0.717, 1.165) is 15.6 Å². The first kappa shape index (κ1) is 13.8. The number of fused-ring (bicyclic) bond motifs is 1. The Kier molecular flexibility index (Phi) is 6.52. The second-order valence-electron chi connectivity index (χ2n) is 3.08. The standard InChI is InChI=1S/C10H9BrNO.HI.Os/c11-8-1-2-9-7(5-8)6-12-4-3-10(9)13;;/h1-2,5H,3-4,6H2;1H;/q-1;;+1/p-1. The molecule has 0 spiro atoms. The van der Waals surface area contributed by atoms with Gasteiger partial charge >= 0.3 is 34.7 Å². The SMILES string of the molecule is O=C1CC[N-]Cc2cc(Br)ccc21.[I][Os]. The van der Waals surface area contributed by atoms with Crippen LogP contribution in [0.15, 0.2) is 22.7 Å². The summed E-state index contributed by atoms with van der Waals surface area (Å²) in [4.78, 5) is 11.5. The summed E-state index contributed by atoms with van der Waals surface area (Å²) in [6.45, 7) is 1.33. The van der Waals surface area contributed by atoms with Gasteiger partial charge in [-0.15, -0.1) is 13.1 Å². The molecule has 1 aliphatic rings. The molecule has 0 amide bonds. The van der Waals surface area contributed by atoms with Crippen LogP contribution in [-0.2, 0) is 21.6 Å². The molecule has 1 aromatic carbocycles. The summed E-state index contributed by atoms with van der Waals surface area (Å²) in [6, 6.07) is 5.76. The molecule has 0 aliphatic carbocycles. The topological polar surface area (TPSA) is 31.2 Å². The third-order valence-electron chi connectivity index (χ3n) is 2.15. The maximum atomic E-state index is 11.5. The van der Waals surface area contributed by atoms with Crippen LogP contribution >= 0.6 is 35.6 Å². The number of hydrogen-bond donors (Lipinski definition) is 0. The Morgan fingerprint density at radius 3 is 2.87 bits per heavy atom. The summed E-state index contributed by atoms with van der Waals surface area (Å²) < 4.78 is 1.01. The van der Waals surface area contributed by atoms with Crippen molar-refractivity contribution in [3.05, 3.63) is 39.1 Å². The predicted molar refractivity (Wildman–Crippen MR) is 69.0 cm³/mol. The van der Waals surface area contributed by atoms with Crippen LogP contribution < -0.4 is 0 Å². The van der Waals surface area contributed by atoms with Crippen molar-refractivity contribution >= 4 is 41.4 Å². The normalized spacial score (nSPS) is 14.7. The summed E-state index contributed by atoms with van der Waals surface area (Å²) in [5.41, 5.74) is 1.88. The first-order valence-corrected chi connectivity index (χ1v) is 12.4. The van der Waals surface area contributed by atoms with E-state index < -0.39 is 0 Å². The van der Waals surface area contributed by atoms with Crippen LogP contribution in [0.25, 0.3) is 5.32 Å². The Morgan fingerprint density at radius 1 is 1.40 bits per heavy atom. The zero-order valence-electron chi connectivity index (χ0n) is 7.82. The molecule has 2 nitrogen and oxygen atoms in total. The third kappa shape index (κ3) is 3.88. The summed E-state index contributed by atoms with van der Waals surface area (Å²) in [5.74, 6) is 0.212. The number of carbonyl (C=O) groups excluding carboxylic acids is 1. The molecule has 15 heavy (non-hydrogen) atoms. The van der Waals surface area contributed by atoms with E-state index in [-0.39, 0.29) is 5.78 Å². The molecule has 0 fully saturated rings. The van der Waals surface area contributed by atoms with Gasteiger partial charge in [0.2, 0.25) is 0 Å². The molecule has 0 radical (unpaired) electrons. The minimum atomic E-state index is 0.212. The van der Waals surface area contributed by atoms with Gasteiger partial charge in [0.1, 0.15) is 0 Å². The van der Waals surface area contributed by atoms with E-state index in [1.54, 1.807) is 0 Å². The van der Waals surface area contributed by atoms with Gasteiger partial charge in [-0.3, -0.25) is 4.79 Å². The fourth-order valence-electron chi connectivity index (χ4n) is 1.48. The van der Waals surface area contributed by atoms with Crippen LogP contribution in [0.2, 0.25) is 0 Å². The number of ketones is 1. The summed E-state index contributed by atoms with van der Waals surface area (Å²) in [7, 11) is 0. The number of benzene rings is 1. The number of nitrogens with zero attached hydrogens (tertiary/aromatic N) is 1. The van der Waals surface area contributed by atoms with Gasteiger partial charge in [0.25, 0.3) is 0 Å². The number of rotatable bonds is 0. The van der Waals surface area contributed by atoms with Crippen molar-refractivity contribution in [2.45, 2.75) is 13.0 Å². The molecular formula is C10H9BrINOOs-. The number of carbonyl (C=O) groups is 1. The van der Waals surface area contributed by atoms with Crippen LogP contribution in [0.4, 0.5) is 0 Å². The van der Waals surface area contributed by atoms with E-state index in [1.807, 2.05) is 33.3 Å². The fraction of sp³-hybridized carbons (Fsp3) is 0.300. The van der Waals surface area contributed by atoms with Crippen LogP contribution in [-0.4, -0.2) is 12.3 Å². The molecular weight excluding hydrogens is 547 g/mol. The van der Waals surface area contributed by atoms with Gasteiger partial charge in [-0.05, 0) is 18.6 Å². The van der Waals surface area contributed by atoms with E-state index in [4.69, 9.17) is 0 Å². The summed E-state index contributed by atoms with van der Waals surface area (Å²) in [6.07, 6.45) is 0.550. The van der Waals surface area contributed by atoms with Crippen molar-refractivity contribution in [3.8, 4) is 0 Å². The van der Waals surface area contributed by atoms with E-state index in [9.17, 15) is 4.79 Å². The molecule has 0 atom stereocenters. The Labute approximate surface area is 119 Å². The molecule has 83 valence electrons. The molecule has 0 saturated carbocycles. The molecule has 0 aromatic heterocycles. The first-order chi connectivity index (χ1) is 7.27. The van der Waals surface area contributed by atoms with Crippen LogP contribution in [0, 0.1) is 0 Å². The van der Waals surface area contributed by atoms with Crippen LogP contribution in [0.3, 0.4) is 0 Å². The maximum absolute atomic E-state index is 11.5. The first-order valence-electron chi connectivity index (χ1n) is 4.35. The monoisotopic (exact) mass is 557 g/mol. The van der Waals surface area contributed by atoms with Crippen molar-refractivity contribution in [3.63, 3.8) is 0 Å². The second-order valence-corrected chi connectivity index (χ2v) is 4.00. The third-order valence-corrected chi connectivity index (χ3v) is 2.64. The molecule has 5 heteroatoms. The van der Waals surface area contributed by atoms with E-state index in [2.05, 4.69) is 40.9 Å². The van der Waals surface area contributed by atoms with Gasteiger partial charge in [-0.2, -0.15) is 0 Å². The average molecular weight is 556 g/mol. The molecule has 0 bridgehead atoms. The molecule has 1 aliphatic heterocycles. The molecule has 2 rings (SSSR count). The quantitative estimate of drug-likeness (QED) is 0.448. The Morgan fingerprint density at radius 2 is 2.13 bits per heavy atom. The van der Waals surface area contributed by atoms with Gasteiger partial charge in [-0.1, -0.05) is 27.6 Å². The van der Waals surface area contributed by atoms with E-state index >= 15 is 0 Å². The molecule has 0 saturated heterocycles.